The predicted octanol–water partition coefficient (Wildman–Crippen LogP) is 5.01. The van der Waals surface area contributed by atoms with Crippen LogP contribution in [0.2, 0.25) is 5.02 Å². The van der Waals surface area contributed by atoms with Gasteiger partial charge in [-0.1, -0.05) is 58.7 Å². The molecule has 2 aromatic rings. The van der Waals surface area contributed by atoms with Crippen LogP contribution in [0.4, 0.5) is 0 Å². The van der Waals surface area contributed by atoms with Crippen molar-refractivity contribution in [1.82, 2.24) is 0 Å². The summed E-state index contributed by atoms with van der Waals surface area (Å²) in [4.78, 5) is 0. The lowest BCUT2D eigenvalue weighted by atomic mass is 9.85. The van der Waals surface area contributed by atoms with E-state index < -0.39 is 6.10 Å². The molecule has 0 fully saturated rings. The Morgan fingerprint density at radius 3 is 2.37 bits per heavy atom. The van der Waals surface area contributed by atoms with Crippen LogP contribution in [-0.2, 0) is 0 Å². The molecule has 0 aliphatic rings. The van der Waals surface area contributed by atoms with Crippen LogP contribution in [-0.4, -0.2) is 11.2 Å². The number of aliphatic hydroxyl groups is 1. The maximum Gasteiger partial charge on any atom is 0.0646 e. The van der Waals surface area contributed by atoms with Crippen LogP contribution in [0.5, 0.6) is 0 Å². The molecular weight excluding hydrogens is 324 g/mol. The van der Waals surface area contributed by atoms with E-state index >= 15 is 0 Å². The van der Waals surface area contributed by atoms with Gasteiger partial charge >= 0.3 is 0 Å². The van der Waals surface area contributed by atoms with Crippen LogP contribution >= 0.6 is 27.5 Å². The molecule has 0 radical (unpaired) electrons. The van der Waals surface area contributed by atoms with Gasteiger partial charge in [0.15, 0.2) is 0 Å². The summed E-state index contributed by atoms with van der Waals surface area (Å²) in [6.07, 6.45) is 0.301. The van der Waals surface area contributed by atoms with Crippen molar-refractivity contribution >= 4 is 27.5 Å². The largest absolute Gasteiger partial charge is 0.392 e. The number of hydrogen-bond acceptors (Lipinski definition) is 1. The number of aliphatic hydroxyl groups excluding tert-OH is 1. The van der Waals surface area contributed by atoms with E-state index in [9.17, 15) is 5.11 Å². The molecule has 0 spiro atoms. The second-order valence-electron chi connectivity index (χ2n) is 4.56. The summed E-state index contributed by atoms with van der Waals surface area (Å²) in [5, 5.41) is 11.0. The minimum atomic E-state index is -0.407. The molecular formula is C16H16BrClO. The molecule has 0 aliphatic carbocycles. The maximum absolute atomic E-state index is 10.3. The van der Waals surface area contributed by atoms with Crippen molar-refractivity contribution < 1.29 is 5.11 Å². The Kier molecular flexibility index (Phi) is 5.03. The van der Waals surface area contributed by atoms with Crippen molar-refractivity contribution in [2.75, 3.05) is 0 Å². The van der Waals surface area contributed by atoms with Crippen molar-refractivity contribution in [2.45, 2.75) is 25.4 Å². The van der Waals surface area contributed by atoms with Gasteiger partial charge in [-0.2, -0.15) is 0 Å². The van der Waals surface area contributed by atoms with E-state index in [4.69, 9.17) is 11.6 Å². The van der Waals surface area contributed by atoms with Gasteiger partial charge in [-0.3, -0.25) is 0 Å². The Labute approximate surface area is 127 Å². The molecule has 0 heterocycles. The molecule has 2 unspecified atom stereocenters. The van der Waals surface area contributed by atoms with E-state index in [-0.39, 0.29) is 5.92 Å². The second-order valence-corrected chi connectivity index (χ2v) is 5.91. The number of rotatable bonds is 4. The molecule has 0 amide bonds. The van der Waals surface area contributed by atoms with Crippen LogP contribution in [0.25, 0.3) is 0 Å². The molecule has 1 N–H and O–H groups in total. The highest BCUT2D eigenvalue weighted by Crippen LogP contribution is 2.31. The van der Waals surface area contributed by atoms with E-state index in [2.05, 4.69) is 22.0 Å². The molecule has 0 aromatic heterocycles. The zero-order valence-corrected chi connectivity index (χ0v) is 13.0. The van der Waals surface area contributed by atoms with Crippen LogP contribution in [0.15, 0.2) is 53.0 Å². The Balaban J connectivity index is 2.44. The SMILES string of the molecule is CCC(O)C(c1ccc(Cl)cc1)c1cccc(Br)c1. The molecule has 0 aliphatic heterocycles. The average molecular weight is 340 g/mol. The third-order valence-electron chi connectivity index (χ3n) is 3.24. The van der Waals surface area contributed by atoms with E-state index in [1.165, 1.54) is 0 Å². The van der Waals surface area contributed by atoms with E-state index in [0.717, 1.165) is 15.6 Å². The standard InChI is InChI=1S/C16H16BrClO/c1-2-15(19)16(11-6-8-14(18)9-7-11)12-4-3-5-13(17)10-12/h3-10,15-16,19H,2H2,1H3. The second kappa shape index (κ2) is 6.56. The molecule has 0 bridgehead atoms. The van der Waals surface area contributed by atoms with Gasteiger partial charge in [-0.25, -0.2) is 0 Å². The minimum absolute atomic E-state index is 0.0280. The first-order chi connectivity index (χ1) is 9.11. The van der Waals surface area contributed by atoms with Crippen molar-refractivity contribution in [1.29, 1.82) is 0 Å². The highest BCUT2D eigenvalue weighted by molar-refractivity contribution is 9.10. The van der Waals surface area contributed by atoms with Gasteiger partial charge in [0.1, 0.15) is 0 Å². The van der Waals surface area contributed by atoms with Gasteiger partial charge in [0.25, 0.3) is 0 Å². The average Bonchev–Trinajstić information content (AvgIpc) is 2.41. The zero-order valence-electron chi connectivity index (χ0n) is 10.7. The van der Waals surface area contributed by atoms with Gasteiger partial charge in [-0.15, -0.1) is 0 Å². The Morgan fingerprint density at radius 2 is 1.79 bits per heavy atom. The van der Waals surface area contributed by atoms with Gasteiger partial charge in [0.2, 0.25) is 0 Å². The molecule has 2 aromatic carbocycles. The lowest BCUT2D eigenvalue weighted by Crippen LogP contribution is -2.18. The molecule has 0 saturated heterocycles. The van der Waals surface area contributed by atoms with Gasteiger partial charge < -0.3 is 5.11 Å². The summed E-state index contributed by atoms with van der Waals surface area (Å²) < 4.78 is 1.02. The maximum atomic E-state index is 10.3. The molecule has 2 rings (SSSR count). The van der Waals surface area contributed by atoms with Crippen LogP contribution in [0.3, 0.4) is 0 Å². The minimum Gasteiger partial charge on any atom is -0.392 e. The van der Waals surface area contributed by atoms with Gasteiger partial charge in [0.05, 0.1) is 6.10 Å². The highest BCUT2D eigenvalue weighted by Gasteiger charge is 2.21. The first-order valence-corrected chi connectivity index (χ1v) is 7.48. The molecule has 2 atom stereocenters. The Morgan fingerprint density at radius 1 is 1.11 bits per heavy atom. The fourth-order valence-electron chi connectivity index (χ4n) is 2.24. The predicted molar refractivity (Wildman–Crippen MR) is 83.7 cm³/mol. The Hall–Kier alpha value is -0.830. The first-order valence-electron chi connectivity index (χ1n) is 6.30. The van der Waals surface area contributed by atoms with Crippen molar-refractivity contribution in [3.05, 3.63) is 69.2 Å². The third-order valence-corrected chi connectivity index (χ3v) is 3.99. The van der Waals surface area contributed by atoms with Crippen molar-refractivity contribution in [2.24, 2.45) is 0 Å². The van der Waals surface area contributed by atoms with Crippen molar-refractivity contribution in [3.8, 4) is 0 Å². The molecule has 1 nitrogen and oxygen atoms in total. The number of benzene rings is 2. The fourth-order valence-corrected chi connectivity index (χ4v) is 2.79. The molecule has 3 heteroatoms. The summed E-state index contributed by atoms with van der Waals surface area (Å²) in [5.41, 5.74) is 2.18. The summed E-state index contributed by atoms with van der Waals surface area (Å²) in [7, 11) is 0. The quantitative estimate of drug-likeness (QED) is 0.830. The summed E-state index contributed by atoms with van der Waals surface area (Å²) in [5.74, 6) is -0.0280. The third kappa shape index (κ3) is 3.59. The number of halogens is 2. The molecule has 100 valence electrons. The fraction of sp³-hybridized carbons (Fsp3) is 0.250. The smallest absolute Gasteiger partial charge is 0.0646 e. The normalized spacial score (nSPS) is 14.1. The number of hydrogen-bond donors (Lipinski definition) is 1. The van der Waals surface area contributed by atoms with Gasteiger partial charge in [0, 0.05) is 15.4 Å². The van der Waals surface area contributed by atoms with E-state index in [1.807, 2.05) is 49.4 Å². The summed E-state index contributed by atoms with van der Waals surface area (Å²) in [6, 6.07) is 15.8. The lowest BCUT2D eigenvalue weighted by Gasteiger charge is -2.23. The lowest BCUT2D eigenvalue weighted by molar-refractivity contribution is 0.152. The molecule has 19 heavy (non-hydrogen) atoms. The summed E-state index contributed by atoms with van der Waals surface area (Å²) >= 11 is 9.41. The van der Waals surface area contributed by atoms with Crippen molar-refractivity contribution in [3.63, 3.8) is 0 Å². The molecule has 0 saturated carbocycles. The zero-order chi connectivity index (χ0) is 13.8. The summed E-state index contributed by atoms with van der Waals surface area (Å²) in [6.45, 7) is 1.99. The topological polar surface area (TPSA) is 20.2 Å². The van der Waals surface area contributed by atoms with E-state index in [0.29, 0.717) is 11.4 Å². The van der Waals surface area contributed by atoms with E-state index in [1.54, 1.807) is 0 Å². The van der Waals surface area contributed by atoms with Crippen LogP contribution in [0, 0.1) is 0 Å². The van der Waals surface area contributed by atoms with Gasteiger partial charge in [-0.05, 0) is 41.8 Å². The van der Waals surface area contributed by atoms with Crippen LogP contribution < -0.4 is 0 Å². The van der Waals surface area contributed by atoms with Crippen LogP contribution in [0.1, 0.15) is 30.4 Å². The monoisotopic (exact) mass is 338 g/mol. The highest BCUT2D eigenvalue weighted by atomic mass is 79.9. The first kappa shape index (κ1) is 14.6. The Bertz CT molecular complexity index is 539.